The van der Waals surface area contributed by atoms with Gasteiger partial charge < -0.3 is 5.32 Å². The number of carbonyl (C=O) groups excluding carboxylic acids is 1. The Kier molecular flexibility index (Phi) is 2.38. The molecule has 1 saturated carbocycles. The molecule has 0 aromatic rings. The van der Waals surface area contributed by atoms with Gasteiger partial charge in [-0.2, -0.15) is 0 Å². The molecule has 0 amide bonds. The van der Waals surface area contributed by atoms with Gasteiger partial charge in [0.05, 0.1) is 0 Å². The smallest absolute Gasteiger partial charge is 0.157 e. The summed E-state index contributed by atoms with van der Waals surface area (Å²) in [6.45, 7) is 2.22. The zero-order valence-electron chi connectivity index (χ0n) is 8.18. The van der Waals surface area contributed by atoms with Crippen LogP contribution in [0.5, 0.6) is 0 Å². The van der Waals surface area contributed by atoms with E-state index < -0.39 is 0 Å². The molecule has 0 bridgehead atoms. The number of ketones is 1. The molecule has 13 heavy (non-hydrogen) atoms. The maximum Gasteiger partial charge on any atom is 0.157 e. The van der Waals surface area contributed by atoms with Gasteiger partial charge in [0, 0.05) is 24.2 Å². The van der Waals surface area contributed by atoms with E-state index in [1.54, 1.807) is 6.08 Å². The molecule has 1 atom stereocenters. The third-order valence-electron chi connectivity index (χ3n) is 2.98. The molecule has 0 aromatic heterocycles. The molecule has 0 heterocycles. The lowest BCUT2D eigenvalue weighted by atomic mass is 10.1. The van der Waals surface area contributed by atoms with Crippen molar-refractivity contribution in [1.29, 1.82) is 0 Å². The summed E-state index contributed by atoms with van der Waals surface area (Å²) in [5.74, 6) is 1.16. The molecule has 0 aromatic carbocycles. The predicted octanol–water partition coefficient (Wildman–Crippen LogP) is 2.01. The van der Waals surface area contributed by atoms with E-state index in [4.69, 9.17) is 0 Å². The Balaban J connectivity index is 1.88. The first-order chi connectivity index (χ1) is 6.29. The second-order valence-electron chi connectivity index (χ2n) is 4.13. The second kappa shape index (κ2) is 3.52. The van der Waals surface area contributed by atoms with Gasteiger partial charge in [0.1, 0.15) is 0 Å². The van der Waals surface area contributed by atoms with Crippen molar-refractivity contribution in [2.24, 2.45) is 5.92 Å². The van der Waals surface area contributed by atoms with Crippen molar-refractivity contribution in [3.63, 3.8) is 0 Å². The van der Waals surface area contributed by atoms with Gasteiger partial charge in [0.15, 0.2) is 5.78 Å². The molecule has 1 fully saturated rings. The van der Waals surface area contributed by atoms with Gasteiger partial charge in [0.2, 0.25) is 0 Å². The van der Waals surface area contributed by atoms with E-state index in [-0.39, 0.29) is 5.78 Å². The zero-order valence-corrected chi connectivity index (χ0v) is 8.18. The summed E-state index contributed by atoms with van der Waals surface area (Å²) in [4.78, 5) is 11.0. The summed E-state index contributed by atoms with van der Waals surface area (Å²) >= 11 is 0. The maximum atomic E-state index is 11.0. The first kappa shape index (κ1) is 8.79. The average molecular weight is 179 g/mol. The molecule has 2 aliphatic carbocycles. The van der Waals surface area contributed by atoms with E-state index >= 15 is 0 Å². The number of nitrogens with one attached hydrogen (secondary N) is 1. The SMILES string of the molecule is CCC(NC1=CC(=O)CC1)C1CC1. The lowest BCUT2D eigenvalue weighted by Crippen LogP contribution is -2.29. The van der Waals surface area contributed by atoms with Crippen molar-refractivity contribution in [3.05, 3.63) is 11.8 Å². The van der Waals surface area contributed by atoms with Crippen molar-refractivity contribution in [2.45, 2.75) is 45.1 Å². The molecule has 2 rings (SSSR count). The summed E-state index contributed by atoms with van der Waals surface area (Å²) in [5, 5.41) is 3.50. The average Bonchev–Trinajstić information content (AvgIpc) is 2.87. The van der Waals surface area contributed by atoms with Crippen LogP contribution in [0.2, 0.25) is 0 Å². The summed E-state index contributed by atoms with van der Waals surface area (Å²) in [7, 11) is 0. The number of hydrogen-bond acceptors (Lipinski definition) is 2. The summed E-state index contributed by atoms with van der Waals surface area (Å²) in [6, 6.07) is 0.622. The Morgan fingerprint density at radius 3 is 2.77 bits per heavy atom. The van der Waals surface area contributed by atoms with Crippen molar-refractivity contribution < 1.29 is 4.79 Å². The molecule has 1 N–H and O–H groups in total. The minimum atomic E-state index is 0.285. The standard InChI is InChI=1S/C11H17NO/c1-2-11(8-3-4-8)12-9-5-6-10(13)7-9/h7-8,11-12H,2-6H2,1H3. The lowest BCUT2D eigenvalue weighted by Gasteiger charge is -2.17. The highest BCUT2D eigenvalue weighted by Gasteiger charge is 2.30. The third-order valence-corrected chi connectivity index (χ3v) is 2.98. The Bertz CT molecular complexity index is 240. The maximum absolute atomic E-state index is 11.0. The fourth-order valence-corrected chi connectivity index (χ4v) is 2.00. The van der Waals surface area contributed by atoms with E-state index in [1.165, 1.54) is 25.0 Å². The van der Waals surface area contributed by atoms with Crippen molar-refractivity contribution >= 4 is 5.78 Å². The monoisotopic (exact) mass is 179 g/mol. The fourth-order valence-electron chi connectivity index (χ4n) is 2.00. The van der Waals surface area contributed by atoms with Crippen molar-refractivity contribution in [2.75, 3.05) is 0 Å². The first-order valence-electron chi connectivity index (χ1n) is 5.29. The Morgan fingerprint density at radius 2 is 2.31 bits per heavy atom. The molecule has 0 radical (unpaired) electrons. The quantitative estimate of drug-likeness (QED) is 0.715. The highest BCUT2D eigenvalue weighted by molar-refractivity contribution is 5.92. The summed E-state index contributed by atoms with van der Waals surface area (Å²) in [6.07, 6.45) is 7.34. The van der Waals surface area contributed by atoms with Gasteiger partial charge in [0.25, 0.3) is 0 Å². The van der Waals surface area contributed by atoms with Crippen LogP contribution in [0.1, 0.15) is 39.0 Å². The largest absolute Gasteiger partial charge is 0.385 e. The van der Waals surface area contributed by atoms with E-state index in [2.05, 4.69) is 12.2 Å². The number of hydrogen-bond donors (Lipinski definition) is 1. The van der Waals surface area contributed by atoms with E-state index in [1.807, 2.05) is 0 Å². The summed E-state index contributed by atoms with van der Waals surface area (Å²) < 4.78 is 0. The predicted molar refractivity (Wildman–Crippen MR) is 52.3 cm³/mol. The minimum Gasteiger partial charge on any atom is -0.385 e. The van der Waals surface area contributed by atoms with Crippen molar-refractivity contribution in [3.8, 4) is 0 Å². The number of rotatable bonds is 4. The van der Waals surface area contributed by atoms with Crippen LogP contribution < -0.4 is 5.32 Å². The van der Waals surface area contributed by atoms with Crippen LogP contribution in [0.15, 0.2) is 11.8 Å². The Labute approximate surface area is 79.4 Å². The normalized spacial score (nSPS) is 24.4. The highest BCUT2D eigenvalue weighted by Crippen LogP contribution is 2.34. The molecule has 0 aliphatic heterocycles. The molecular weight excluding hydrogens is 162 g/mol. The lowest BCUT2D eigenvalue weighted by molar-refractivity contribution is -0.114. The molecule has 2 aliphatic rings. The Morgan fingerprint density at radius 1 is 1.54 bits per heavy atom. The van der Waals surface area contributed by atoms with Gasteiger partial charge in [-0.15, -0.1) is 0 Å². The van der Waals surface area contributed by atoms with Crippen LogP contribution in [0.25, 0.3) is 0 Å². The first-order valence-corrected chi connectivity index (χ1v) is 5.29. The van der Waals surface area contributed by atoms with Crippen LogP contribution >= 0.6 is 0 Å². The fraction of sp³-hybridized carbons (Fsp3) is 0.727. The third kappa shape index (κ3) is 2.11. The van der Waals surface area contributed by atoms with E-state index in [0.29, 0.717) is 12.5 Å². The molecule has 1 unspecified atom stereocenters. The molecular formula is C11H17NO. The van der Waals surface area contributed by atoms with Crippen LogP contribution in [0, 0.1) is 5.92 Å². The molecule has 0 saturated heterocycles. The second-order valence-corrected chi connectivity index (χ2v) is 4.13. The summed E-state index contributed by atoms with van der Waals surface area (Å²) in [5.41, 5.74) is 1.17. The molecule has 2 heteroatoms. The van der Waals surface area contributed by atoms with Crippen LogP contribution in [-0.4, -0.2) is 11.8 Å². The molecule has 2 nitrogen and oxygen atoms in total. The van der Waals surface area contributed by atoms with Gasteiger partial charge in [-0.1, -0.05) is 6.92 Å². The van der Waals surface area contributed by atoms with Crippen molar-refractivity contribution in [1.82, 2.24) is 5.32 Å². The van der Waals surface area contributed by atoms with E-state index in [0.717, 1.165) is 12.3 Å². The topological polar surface area (TPSA) is 29.1 Å². The van der Waals surface area contributed by atoms with Crippen LogP contribution in [-0.2, 0) is 4.79 Å². The minimum absolute atomic E-state index is 0.285. The molecule has 72 valence electrons. The van der Waals surface area contributed by atoms with E-state index in [9.17, 15) is 4.79 Å². The molecule has 0 spiro atoms. The zero-order chi connectivity index (χ0) is 9.26. The van der Waals surface area contributed by atoms with Gasteiger partial charge in [-0.05, 0) is 31.6 Å². The van der Waals surface area contributed by atoms with Gasteiger partial charge in [-0.25, -0.2) is 0 Å². The highest BCUT2D eigenvalue weighted by atomic mass is 16.1. The number of allylic oxidation sites excluding steroid dienone is 2. The van der Waals surface area contributed by atoms with Gasteiger partial charge in [-0.3, -0.25) is 4.79 Å². The van der Waals surface area contributed by atoms with Crippen LogP contribution in [0.4, 0.5) is 0 Å². The van der Waals surface area contributed by atoms with Crippen LogP contribution in [0.3, 0.4) is 0 Å². The van der Waals surface area contributed by atoms with Gasteiger partial charge >= 0.3 is 0 Å². The Hall–Kier alpha value is -0.790. The number of carbonyl (C=O) groups is 1.